The summed E-state index contributed by atoms with van der Waals surface area (Å²) in [5.41, 5.74) is 4.35. The van der Waals surface area contributed by atoms with E-state index in [1.54, 1.807) is 10.9 Å². The lowest BCUT2D eigenvalue weighted by Gasteiger charge is -2.08. The maximum atomic E-state index is 11.9. The number of hydrogen-bond donors (Lipinski definition) is 2. The van der Waals surface area contributed by atoms with Gasteiger partial charge in [0.25, 0.3) is 5.56 Å². The number of hydrogen-bond acceptors (Lipinski definition) is 4. The highest BCUT2D eigenvalue weighted by Crippen LogP contribution is 2.11. The van der Waals surface area contributed by atoms with Crippen LogP contribution in [0.5, 0.6) is 0 Å². The first kappa shape index (κ1) is 13.4. The molecule has 0 unspecified atom stereocenters. The molecular weight excluding hydrogens is 266 g/mol. The summed E-state index contributed by atoms with van der Waals surface area (Å²) in [6, 6.07) is 6.28. The molecule has 3 aromatic rings. The van der Waals surface area contributed by atoms with Crippen LogP contribution in [0.3, 0.4) is 0 Å². The molecule has 0 aliphatic carbocycles. The fourth-order valence-electron chi connectivity index (χ4n) is 2.20. The SMILES string of the molecule is Cc1ccc(CNc2nc3c(ncn3C)c(=O)[nH]2)cc1C. The predicted octanol–water partition coefficient (Wildman–Crippen LogP) is 1.89. The van der Waals surface area contributed by atoms with Crippen molar-refractivity contribution in [3.63, 3.8) is 0 Å². The molecule has 0 bridgehead atoms. The molecule has 2 heterocycles. The minimum Gasteiger partial charge on any atom is -0.352 e. The zero-order valence-electron chi connectivity index (χ0n) is 12.3. The number of imidazole rings is 1. The molecule has 0 radical (unpaired) electrons. The quantitative estimate of drug-likeness (QED) is 0.769. The van der Waals surface area contributed by atoms with Crippen LogP contribution >= 0.6 is 0 Å². The summed E-state index contributed by atoms with van der Waals surface area (Å²) >= 11 is 0. The first-order valence-electron chi connectivity index (χ1n) is 6.76. The number of nitrogens with zero attached hydrogens (tertiary/aromatic N) is 3. The fourth-order valence-corrected chi connectivity index (χ4v) is 2.20. The second kappa shape index (κ2) is 5.05. The van der Waals surface area contributed by atoms with Gasteiger partial charge in [-0.3, -0.25) is 9.78 Å². The molecule has 0 atom stereocenters. The summed E-state index contributed by atoms with van der Waals surface area (Å²) in [4.78, 5) is 23.0. The number of fused-ring (bicyclic) bond motifs is 1. The normalized spacial score (nSPS) is 11.0. The van der Waals surface area contributed by atoms with Gasteiger partial charge in [-0.25, -0.2) is 4.98 Å². The third-order valence-electron chi connectivity index (χ3n) is 3.60. The van der Waals surface area contributed by atoms with Crippen molar-refractivity contribution >= 4 is 17.1 Å². The number of nitrogens with one attached hydrogen (secondary N) is 2. The average molecular weight is 283 g/mol. The Hall–Kier alpha value is -2.63. The summed E-state index contributed by atoms with van der Waals surface area (Å²) < 4.78 is 1.73. The van der Waals surface area contributed by atoms with Crippen molar-refractivity contribution in [1.82, 2.24) is 19.5 Å². The maximum Gasteiger partial charge on any atom is 0.280 e. The van der Waals surface area contributed by atoms with Crippen LogP contribution in [0, 0.1) is 13.8 Å². The second-order valence-electron chi connectivity index (χ2n) is 5.21. The van der Waals surface area contributed by atoms with E-state index in [1.165, 1.54) is 11.1 Å². The van der Waals surface area contributed by atoms with Crippen LogP contribution in [0.1, 0.15) is 16.7 Å². The molecule has 2 aromatic heterocycles. The fraction of sp³-hybridized carbons (Fsp3) is 0.267. The Balaban J connectivity index is 1.86. The Morgan fingerprint density at radius 3 is 2.86 bits per heavy atom. The Morgan fingerprint density at radius 1 is 1.29 bits per heavy atom. The molecule has 0 saturated heterocycles. The number of H-pyrrole nitrogens is 1. The van der Waals surface area contributed by atoms with Crippen molar-refractivity contribution < 1.29 is 0 Å². The Labute approximate surface area is 121 Å². The van der Waals surface area contributed by atoms with Crippen LogP contribution in [0.4, 0.5) is 5.95 Å². The summed E-state index contributed by atoms with van der Waals surface area (Å²) in [6.07, 6.45) is 1.58. The molecule has 21 heavy (non-hydrogen) atoms. The van der Waals surface area contributed by atoms with E-state index in [0.717, 1.165) is 5.56 Å². The number of anilines is 1. The van der Waals surface area contributed by atoms with Gasteiger partial charge in [-0.2, -0.15) is 4.98 Å². The maximum absolute atomic E-state index is 11.9. The van der Waals surface area contributed by atoms with Crippen molar-refractivity contribution in [3.05, 3.63) is 51.6 Å². The predicted molar refractivity (Wildman–Crippen MR) is 82.4 cm³/mol. The Kier molecular flexibility index (Phi) is 3.21. The molecule has 0 aliphatic heterocycles. The lowest BCUT2D eigenvalue weighted by molar-refractivity contribution is 0.925. The standard InChI is InChI=1S/C15H17N5O/c1-9-4-5-11(6-10(9)2)7-16-15-18-13-12(14(21)19-15)17-8-20(13)3/h4-6,8H,7H2,1-3H3,(H2,16,18,19,21). The van der Waals surface area contributed by atoms with Crippen LogP contribution in [-0.2, 0) is 13.6 Å². The van der Waals surface area contributed by atoms with Crippen molar-refractivity contribution in [2.75, 3.05) is 5.32 Å². The largest absolute Gasteiger partial charge is 0.352 e. The number of rotatable bonds is 3. The van der Waals surface area contributed by atoms with Gasteiger partial charge >= 0.3 is 0 Å². The molecule has 108 valence electrons. The van der Waals surface area contributed by atoms with Crippen molar-refractivity contribution in [2.45, 2.75) is 20.4 Å². The van der Waals surface area contributed by atoms with Gasteiger partial charge in [-0.05, 0) is 30.5 Å². The molecule has 0 aliphatic rings. The molecular formula is C15H17N5O. The Morgan fingerprint density at radius 2 is 2.10 bits per heavy atom. The van der Waals surface area contributed by atoms with E-state index in [0.29, 0.717) is 23.7 Å². The third-order valence-corrected chi connectivity index (χ3v) is 3.60. The van der Waals surface area contributed by atoms with E-state index in [1.807, 2.05) is 7.05 Å². The highest BCUT2D eigenvalue weighted by atomic mass is 16.1. The average Bonchev–Trinajstić information content (AvgIpc) is 2.83. The topological polar surface area (TPSA) is 75.6 Å². The molecule has 6 heteroatoms. The van der Waals surface area contributed by atoms with Gasteiger partial charge in [0.1, 0.15) is 0 Å². The van der Waals surface area contributed by atoms with Crippen molar-refractivity contribution in [2.24, 2.45) is 7.05 Å². The smallest absolute Gasteiger partial charge is 0.280 e. The first-order chi connectivity index (χ1) is 10.0. The van der Waals surface area contributed by atoms with E-state index in [2.05, 4.69) is 52.3 Å². The van der Waals surface area contributed by atoms with Gasteiger partial charge < -0.3 is 9.88 Å². The van der Waals surface area contributed by atoms with Crippen LogP contribution < -0.4 is 10.9 Å². The van der Waals surface area contributed by atoms with E-state index in [4.69, 9.17) is 0 Å². The van der Waals surface area contributed by atoms with E-state index < -0.39 is 0 Å². The monoisotopic (exact) mass is 283 g/mol. The number of aromatic amines is 1. The molecule has 0 spiro atoms. The third kappa shape index (κ3) is 2.52. The molecule has 2 N–H and O–H groups in total. The number of aryl methyl sites for hydroxylation is 3. The molecule has 0 fully saturated rings. The summed E-state index contributed by atoms with van der Waals surface area (Å²) in [5, 5.41) is 3.15. The summed E-state index contributed by atoms with van der Waals surface area (Å²) in [6.45, 7) is 4.77. The van der Waals surface area contributed by atoms with E-state index >= 15 is 0 Å². The van der Waals surface area contributed by atoms with Crippen LogP contribution in [-0.4, -0.2) is 19.5 Å². The zero-order valence-corrected chi connectivity index (χ0v) is 12.3. The van der Waals surface area contributed by atoms with Crippen LogP contribution in [0.15, 0.2) is 29.3 Å². The molecule has 0 amide bonds. The lowest BCUT2D eigenvalue weighted by Crippen LogP contribution is -2.13. The zero-order chi connectivity index (χ0) is 15.0. The molecule has 3 rings (SSSR count). The first-order valence-corrected chi connectivity index (χ1v) is 6.76. The van der Waals surface area contributed by atoms with E-state index in [-0.39, 0.29) is 5.56 Å². The van der Waals surface area contributed by atoms with Crippen molar-refractivity contribution in [3.8, 4) is 0 Å². The molecule has 1 aromatic carbocycles. The van der Waals surface area contributed by atoms with Gasteiger partial charge in [0.2, 0.25) is 5.95 Å². The molecule has 6 nitrogen and oxygen atoms in total. The van der Waals surface area contributed by atoms with Crippen LogP contribution in [0.25, 0.3) is 11.2 Å². The van der Waals surface area contributed by atoms with Crippen LogP contribution in [0.2, 0.25) is 0 Å². The highest BCUT2D eigenvalue weighted by Gasteiger charge is 2.08. The van der Waals surface area contributed by atoms with E-state index in [9.17, 15) is 4.79 Å². The number of benzene rings is 1. The minimum atomic E-state index is -0.233. The van der Waals surface area contributed by atoms with Gasteiger partial charge in [-0.15, -0.1) is 0 Å². The second-order valence-corrected chi connectivity index (χ2v) is 5.21. The van der Waals surface area contributed by atoms with Gasteiger partial charge in [0.05, 0.1) is 6.33 Å². The highest BCUT2D eigenvalue weighted by molar-refractivity contribution is 5.70. The summed E-state index contributed by atoms with van der Waals surface area (Å²) in [5.74, 6) is 0.453. The molecule has 0 saturated carbocycles. The minimum absolute atomic E-state index is 0.233. The lowest BCUT2D eigenvalue weighted by atomic mass is 10.1. The van der Waals surface area contributed by atoms with Gasteiger partial charge in [0, 0.05) is 13.6 Å². The number of aromatic nitrogens is 4. The summed E-state index contributed by atoms with van der Waals surface area (Å²) in [7, 11) is 1.81. The van der Waals surface area contributed by atoms with Crippen molar-refractivity contribution in [1.29, 1.82) is 0 Å². The van der Waals surface area contributed by atoms with Gasteiger partial charge in [-0.1, -0.05) is 18.2 Å². The van der Waals surface area contributed by atoms with Gasteiger partial charge in [0.15, 0.2) is 11.2 Å². The Bertz CT molecular complexity index is 862.